The second-order valence-electron chi connectivity index (χ2n) is 4.87. The van der Waals surface area contributed by atoms with Crippen molar-refractivity contribution in [1.29, 1.82) is 0 Å². The topological polar surface area (TPSA) is 90.5 Å². The Kier molecular flexibility index (Phi) is 3.91. The van der Waals surface area contributed by atoms with Gasteiger partial charge in [-0.25, -0.2) is 9.48 Å². The molecule has 0 bridgehead atoms. The maximum Gasteiger partial charge on any atom is 0.333 e. The van der Waals surface area contributed by atoms with E-state index in [-0.39, 0.29) is 11.7 Å². The fourth-order valence-electron chi connectivity index (χ4n) is 2.74. The lowest BCUT2D eigenvalue weighted by Gasteiger charge is -2.34. The number of esters is 1. The van der Waals surface area contributed by atoms with Crippen molar-refractivity contribution in [2.24, 2.45) is 7.05 Å². The number of methoxy groups -OCH3 is 1. The number of hydrogen-bond donors (Lipinski definition) is 0. The smallest absolute Gasteiger partial charge is 0.333 e. The van der Waals surface area contributed by atoms with E-state index in [0.29, 0.717) is 24.5 Å². The number of piperidine rings is 1. The van der Waals surface area contributed by atoms with E-state index in [1.807, 2.05) is 0 Å². The molecule has 0 amide bonds. The van der Waals surface area contributed by atoms with Gasteiger partial charge < -0.3 is 9.64 Å². The standard InChI is InChI=1S/C12H18N4O4/c1-8-10(16(18)19)11(14(2)13-8)15-7-5-4-6-9(15)12(17)20-3/h9H,4-7H2,1-3H3. The summed E-state index contributed by atoms with van der Waals surface area (Å²) in [6.45, 7) is 2.18. The van der Waals surface area contributed by atoms with Gasteiger partial charge in [-0.1, -0.05) is 0 Å². The van der Waals surface area contributed by atoms with Crippen molar-refractivity contribution in [3.05, 3.63) is 15.8 Å². The second-order valence-corrected chi connectivity index (χ2v) is 4.87. The summed E-state index contributed by atoms with van der Waals surface area (Å²) in [5.74, 6) is 0.0143. The highest BCUT2D eigenvalue weighted by Gasteiger charge is 2.37. The maximum atomic E-state index is 11.9. The van der Waals surface area contributed by atoms with Gasteiger partial charge in [0, 0.05) is 13.6 Å². The maximum absolute atomic E-state index is 11.9. The van der Waals surface area contributed by atoms with E-state index in [1.165, 1.54) is 11.8 Å². The molecule has 0 spiro atoms. The zero-order valence-electron chi connectivity index (χ0n) is 11.8. The fraction of sp³-hybridized carbons (Fsp3) is 0.667. The highest BCUT2D eigenvalue weighted by Crippen LogP contribution is 2.35. The molecule has 1 aromatic heterocycles. The summed E-state index contributed by atoms with van der Waals surface area (Å²) in [7, 11) is 2.98. The van der Waals surface area contributed by atoms with Crippen molar-refractivity contribution in [2.75, 3.05) is 18.6 Å². The van der Waals surface area contributed by atoms with Crippen LogP contribution in [-0.2, 0) is 16.6 Å². The highest BCUT2D eigenvalue weighted by molar-refractivity contribution is 5.81. The number of aromatic nitrogens is 2. The molecule has 0 aromatic carbocycles. The molecule has 8 heteroatoms. The zero-order valence-corrected chi connectivity index (χ0v) is 11.8. The van der Waals surface area contributed by atoms with Crippen LogP contribution in [0.2, 0.25) is 0 Å². The van der Waals surface area contributed by atoms with Crippen LogP contribution in [0.15, 0.2) is 0 Å². The molecule has 1 aromatic rings. The lowest BCUT2D eigenvalue weighted by atomic mass is 10.0. The Bertz CT molecular complexity index is 540. The van der Waals surface area contributed by atoms with Crippen LogP contribution < -0.4 is 4.90 Å². The first kappa shape index (κ1) is 14.3. The van der Waals surface area contributed by atoms with Gasteiger partial charge in [0.2, 0.25) is 5.82 Å². The van der Waals surface area contributed by atoms with Crippen LogP contribution in [-0.4, -0.2) is 40.4 Å². The van der Waals surface area contributed by atoms with E-state index >= 15 is 0 Å². The number of rotatable bonds is 3. The third-order valence-corrected chi connectivity index (χ3v) is 3.59. The number of aryl methyl sites for hydroxylation is 2. The van der Waals surface area contributed by atoms with Gasteiger partial charge in [-0.3, -0.25) is 10.1 Å². The average molecular weight is 282 g/mol. The first-order valence-electron chi connectivity index (χ1n) is 6.49. The molecule has 0 radical (unpaired) electrons. The SMILES string of the molecule is COC(=O)C1CCCCN1c1c([N+](=O)[O-])c(C)nn1C. The molecule has 1 aliphatic rings. The monoisotopic (exact) mass is 282 g/mol. The third kappa shape index (κ3) is 2.33. The summed E-state index contributed by atoms with van der Waals surface area (Å²) in [6.07, 6.45) is 2.42. The lowest BCUT2D eigenvalue weighted by molar-refractivity contribution is -0.384. The van der Waals surface area contributed by atoms with Gasteiger partial charge in [-0.2, -0.15) is 5.10 Å². The average Bonchev–Trinajstić information content (AvgIpc) is 2.72. The molecule has 1 fully saturated rings. The molecule has 110 valence electrons. The minimum Gasteiger partial charge on any atom is -0.467 e. The Morgan fingerprint density at radius 3 is 2.80 bits per heavy atom. The van der Waals surface area contributed by atoms with Gasteiger partial charge in [-0.05, 0) is 26.2 Å². The molecule has 1 saturated heterocycles. The van der Waals surface area contributed by atoms with E-state index in [2.05, 4.69) is 5.10 Å². The predicted octanol–water partition coefficient (Wildman–Crippen LogP) is 1.17. The highest BCUT2D eigenvalue weighted by atomic mass is 16.6. The number of carbonyl (C=O) groups excluding carboxylic acids is 1. The number of nitrogens with zero attached hydrogens (tertiary/aromatic N) is 4. The van der Waals surface area contributed by atoms with Crippen molar-refractivity contribution in [3.63, 3.8) is 0 Å². The van der Waals surface area contributed by atoms with E-state index < -0.39 is 11.0 Å². The lowest BCUT2D eigenvalue weighted by Crippen LogP contribution is -2.46. The summed E-state index contributed by atoms with van der Waals surface area (Å²) in [5, 5.41) is 15.4. The minimum absolute atomic E-state index is 0.0386. The van der Waals surface area contributed by atoms with E-state index in [4.69, 9.17) is 4.74 Å². The molecule has 0 aliphatic carbocycles. The Labute approximate surface area is 116 Å². The van der Waals surface area contributed by atoms with Crippen LogP contribution in [0, 0.1) is 17.0 Å². The first-order chi connectivity index (χ1) is 9.47. The van der Waals surface area contributed by atoms with Gasteiger partial charge in [0.15, 0.2) is 0 Å². The molecule has 2 rings (SSSR count). The largest absolute Gasteiger partial charge is 0.467 e. The molecule has 20 heavy (non-hydrogen) atoms. The van der Waals surface area contributed by atoms with Crippen molar-refractivity contribution in [3.8, 4) is 0 Å². The van der Waals surface area contributed by atoms with Gasteiger partial charge in [0.05, 0.1) is 12.0 Å². The number of ether oxygens (including phenoxy) is 1. The molecule has 1 atom stereocenters. The van der Waals surface area contributed by atoms with Gasteiger partial charge in [0.1, 0.15) is 11.7 Å². The van der Waals surface area contributed by atoms with Crippen LogP contribution in [0.25, 0.3) is 0 Å². The Hall–Kier alpha value is -2.12. The first-order valence-corrected chi connectivity index (χ1v) is 6.49. The third-order valence-electron chi connectivity index (χ3n) is 3.59. The van der Waals surface area contributed by atoms with Gasteiger partial charge in [-0.15, -0.1) is 0 Å². The molecule has 1 unspecified atom stereocenters. The van der Waals surface area contributed by atoms with E-state index in [0.717, 1.165) is 12.8 Å². The van der Waals surface area contributed by atoms with Crippen LogP contribution in [0.3, 0.4) is 0 Å². The number of carbonyl (C=O) groups is 1. The molecule has 2 heterocycles. The second kappa shape index (κ2) is 5.48. The normalized spacial score (nSPS) is 18.9. The van der Waals surface area contributed by atoms with Crippen molar-refractivity contribution >= 4 is 17.5 Å². The molecule has 0 N–H and O–H groups in total. The summed E-state index contributed by atoms with van der Waals surface area (Å²) in [6, 6.07) is -0.484. The van der Waals surface area contributed by atoms with Crippen molar-refractivity contribution < 1.29 is 14.5 Å². The van der Waals surface area contributed by atoms with Crippen LogP contribution >= 0.6 is 0 Å². The van der Waals surface area contributed by atoms with E-state index in [1.54, 1.807) is 18.9 Å². The summed E-state index contributed by atoms with van der Waals surface area (Å²) in [4.78, 5) is 24.4. The van der Waals surface area contributed by atoms with Crippen LogP contribution in [0.5, 0.6) is 0 Å². The Morgan fingerprint density at radius 2 is 2.20 bits per heavy atom. The van der Waals surface area contributed by atoms with Crippen LogP contribution in [0.1, 0.15) is 25.0 Å². The predicted molar refractivity (Wildman–Crippen MR) is 71.6 cm³/mol. The van der Waals surface area contributed by atoms with Gasteiger partial charge >= 0.3 is 11.7 Å². The zero-order chi connectivity index (χ0) is 14.9. The fourth-order valence-corrected chi connectivity index (χ4v) is 2.74. The molecular weight excluding hydrogens is 264 g/mol. The number of anilines is 1. The molecule has 1 aliphatic heterocycles. The van der Waals surface area contributed by atoms with Crippen molar-refractivity contribution in [2.45, 2.75) is 32.2 Å². The Morgan fingerprint density at radius 1 is 1.50 bits per heavy atom. The molecular formula is C12H18N4O4. The summed E-state index contributed by atoms with van der Waals surface area (Å²) >= 11 is 0. The minimum atomic E-state index is -0.484. The quantitative estimate of drug-likeness (QED) is 0.469. The van der Waals surface area contributed by atoms with Gasteiger partial charge in [0.25, 0.3) is 0 Å². The summed E-state index contributed by atoms with van der Waals surface area (Å²) in [5.41, 5.74) is 0.310. The Balaban J connectivity index is 2.47. The van der Waals surface area contributed by atoms with Crippen molar-refractivity contribution in [1.82, 2.24) is 9.78 Å². The number of hydrogen-bond acceptors (Lipinski definition) is 6. The molecule has 0 saturated carbocycles. The van der Waals surface area contributed by atoms with Crippen LogP contribution in [0.4, 0.5) is 11.5 Å². The molecule has 8 nitrogen and oxygen atoms in total. The summed E-state index contributed by atoms with van der Waals surface area (Å²) < 4.78 is 6.28. The number of nitro groups is 1. The van der Waals surface area contributed by atoms with E-state index in [9.17, 15) is 14.9 Å².